The molecule has 2 rings (SSSR count). The molecule has 1 aliphatic rings. The molecule has 1 heterocycles. The zero-order valence-electron chi connectivity index (χ0n) is 11.1. The Hall–Kier alpha value is -1.03. The van der Waals surface area contributed by atoms with E-state index in [0.717, 1.165) is 12.8 Å². The van der Waals surface area contributed by atoms with Crippen molar-refractivity contribution in [3.8, 4) is 0 Å². The van der Waals surface area contributed by atoms with Gasteiger partial charge >= 0.3 is 0 Å². The maximum atomic E-state index is 6.03. The molecule has 1 aliphatic carbocycles. The number of hydrogen-bond acceptors (Lipinski definition) is 2. The van der Waals surface area contributed by atoms with Crippen LogP contribution in [0.5, 0.6) is 0 Å². The standard InChI is InChI=1S/C14H23N3S/c1-2-6-12(13-9-5-10-18-13)17-14(15)16-11-7-3-4-8-11/h5,9-12H,2-4,6-8H2,1H3,(H3,15,16,17). The summed E-state index contributed by atoms with van der Waals surface area (Å²) < 4.78 is 0. The third-order valence-electron chi connectivity index (χ3n) is 3.43. The molecule has 0 aliphatic heterocycles. The molecule has 0 saturated heterocycles. The van der Waals surface area contributed by atoms with E-state index in [2.05, 4.69) is 34.7 Å². The Morgan fingerprint density at radius 3 is 2.94 bits per heavy atom. The van der Waals surface area contributed by atoms with Gasteiger partial charge in [-0.3, -0.25) is 4.99 Å². The molecule has 0 radical (unpaired) electrons. The minimum atomic E-state index is 0.320. The summed E-state index contributed by atoms with van der Waals surface area (Å²) in [6.07, 6.45) is 7.23. The van der Waals surface area contributed by atoms with Crippen LogP contribution in [0.4, 0.5) is 0 Å². The van der Waals surface area contributed by atoms with Gasteiger partial charge in [-0.25, -0.2) is 0 Å². The van der Waals surface area contributed by atoms with Crippen LogP contribution in [0.1, 0.15) is 56.4 Å². The Bertz CT molecular complexity index is 366. The molecule has 0 aromatic carbocycles. The molecule has 3 nitrogen and oxygen atoms in total. The second-order valence-corrected chi connectivity index (χ2v) is 5.93. The van der Waals surface area contributed by atoms with Crippen LogP contribution in [0.15, 0.2) is 22.5 Å². The summed E-state index contributed by atoms with van der Waals surface area (Å²) >= 11 is 1.78. The van der Waals surface area contributed by atoms with Crippen LogP contribution in [0.25, 0.3) is 0 Å². The van der Waals surface area contributed by atoms with Crippen LogP contribution in [-0.4, -0.2) is 12.0 Å². The van der Waals surface area contributed by atoms with Gasteiger partial charge in [0.2, 0.25) is 0 Å². The fourth-order valence-electron chi connectivity index (χ4n) is 2.51. The van der Waals surface area contributed by atoms with Crippen LogP contribution in [0, 0.1) is 0 Å². The maximum absolute atomic E-state index is 6.03. The van der Waals surface area contributed by atoms with Gasteiger partial charge in [0.15, 0.2) is 5.96 Å². The molecule has 1 aromatic heterocycles. The van der Waals surface area contributed by atoms with Gasteiger partial charge in [0.1, 0.15) is 0 Å². The Morgan fingerprint density at radius 2 is 2.33 bits per heavy atom. The van der Waals surface area contributed by atoms with Gasteiger partial charge in [-0.05, 0) is 30.7 Å². The molecule has 1 saturated carbocycles. The summed E-state index contributed by atoms with van der Waals surface area (Å²) in [6.45, 7) is 2.20. The quantitative estimate of drug-likeness (QED) is 0.633. The Labute approximate surface area is 114 Å². The van der Waals surface area contributed by atoms with E-state index in [0.29, 0.717) is 18.0 Å². The second-order valence-electron chi connectivity index (χ2n) is 4.95. The molecule has 18 heavy (non-hydrogen) atoms. The lowest BCUT2D eigenvalue weighted by molar-refractivity contribution is 0.581. The highest BCUT2D eigenvalue weighted by atomic mass is 32.1. The van der Waals surface area contributed by atoms with Crippen LogP contribution in [-0.2, 0) is 0 Å². The second kappa shape index (κ2) is 6.78. The van der Waals surface area contributed by atoms with Crippen molar-refractivity contribution in [2.75, 3.05) is 0 Å². The lowest BCUT2D eigenvalue weighted by Gasteiger charge is -2.18. The van der Waals surface area contributed by atoms with Crippen molar-refractivity contribution in [2.24, 2.45) is 10.7 Å². The van der Waals surface area contributed by atoms with Crippen LogP contribution < -0.4 is 11.1 Å². The minimum absolute atomic E-state index is 0.320. The summed E-state index contributed by atoms with van der Waals surface area (Å²) in [7, 11) is 0. The van der Waals surface area contributed by atoms with E-state index in [1.807, 2.05) is 0 Å². The smallest absolute Gasteiger partial charge is 0.189 e. The number of rotatable bonds is 5. The van der Waals surface area contributed by atoms with Gasteiger partial charge in [-0.2, -0.15) is 0 Å². The normalized spacial score (nSPS) is 19.1. The predicted molar refractivity (Wildman–Crippen MR) is 79.0 cm³/mol. The van der Waals surface area contributed by atoms with Gasteiger partial charge in [0.25, 0.3) is 0 Å². The van der Waals surface area contributed by atoms with Crippen molar-refractivity contribution >= 4 is 17.3 Å². The topological polar surface area (TPSA) is 50.4 Å². The molecule has 0 spiro atoms. The van der Waals surface area contributed by atoms with Crippen LogP contribution >= 0.6 is 11.3 Å². The summed E-state index contributed by atoms with van der Waals surface area (Å²) in [5.74, 6) is 0.619. The highest BCUT2D eigenvalue weighted by molar-refractivity contribution is 7.10. The number of aliphatic imine (C=N–C) groups is 1. The van der Waals surface area contributed by atoms with Gasteiger partial charge in [-0.1, -0.05) is 32.3 Å². The summed E-state index contributed by atoms with van der Waals surface area (Å²) in [5, 5.41) is 5.50. The van der Waals surface area contributed by atoms with E-state index in [1.54, 1.807) is 11.3 Å². The first-order chi connectivity index (χ1) is 8.79. The number of nitrogens with one attached hydrogen (secondary N) is 1. The van der Waals surface area contributed by atoms with Crippen LogP contribution in [0.2, 0.25) is 0 Å². The summed E-state index contributed by atoms with van der Waals surface area (Å²) in [5.41, 5.74) is 6.03. The first kappa shape index (κ1) is 13.4. The van der Waals surface area contributed by atoms with E-state index >= 15 is 0 Å². The lowest BCUT2D eigenvalue weighted by Crippen LogP contribution is -2.35. The average Bonchev–Trinajstić information content (AvgIpc) is 3.00. The Balaban J connectivity index is 1.95. The largest absolute Gasteiger partial charge is 0.370 e. The van der Waals surface area contributed by atoms with E-state index in [9.17, 15) is 0 Å². The Kier molecular flexibility index (Phi) is 5.05. The van der Waals surface area contributed by atoms with Crippen molar-refractivity contribution in [1.29, 1.82) is 0 Å². The van der Waals surface area contributed by atoms with Crippen molar-refractivity contribution in [1.82, 2.24) is 5.32 Å². The maximum Gasteiger partial charge on any atom is 0.189 e. The molecule has 0 bridgehead atoms. The first-order valence-electron chi connectivity index (χ1n) is 6.92. The van der Waals surface area contributed by atoms with Crippen molar-refractivity contribution in [2.45, 2.75) is 57.5 Å². The van der Waals surface area contributed by atoms with Crippen molar-refractivity contribution in [3.63, 3.8) is 0 Å². The number of nitrogens with two attached hydrogens (primary N) is 1. The molecule has 1 atom stereocenters. The molecule has 1 unspecified atom stereocenters. The van der Waals surface area contributed by atoms with Crippen molar-refractivity contribution in [3.05, 3.63) is 22.4 Å². The predicted octanol–water partition coefficient (Wildman–Crippen LogP) is 3.44. The molecule has 100 valence electrons. The third kappa shape index (κ3) is 3.73. The molecule has 3 N–H and O–H groups in total. The zero-order valence-corrected chi connectivity index (χ0v) is 11.9. The van der Waals surface area contributed by atoms with E-state index in [4.69, 9.17) is 5.73 Å². The number of hydrogen-bond donors (Lipinski definition) is 2. The number of thiophene rings is 1. The monoisotopic (exact) mass is 265 g/mol. The SMILES string of the molecule is CCCC(NC(N)=NC1CCCC1)c1cccs1. The third-order valence-corrected chi connectivity index (χ3v) is 4.42. The van der Waals surface area contributed by atoms with Crippen LogP contribution in [0.3, 0.4) is 0 Å². The number of guanidine groups is 1. The molecule has 1 aromatic rings. The van der Waals surface area contributed by atoms with Gasteiger partial charge in [0.05, 0.1) is 12.1 Å². The highest BCUT2D eigenvalue weighted by Crippen LogP contribution is 2.24. The highest BCUT2D eigenvalue weighted by Gasteiger charge is 2.16. The molecular formula is C14H23N3S. The summed E-state index contributed by atoms with van der Waals surface area (Å²) in [6, 6.07) is 5.03. The van der Waals surface area contributed by atoms with Gasteiger partial charge < -0.3 is 11.1 Å². The fourth-order valence-corrected chi connectivity index (χ4v) is 3.32. The van der Waals surface area contributed by atoms with E-state index in [-0.39, 0.29) is 0 Å². The Morgan fingerprint density at radius 1 is 1.56 bits per heavy atom. The molecule has 0 amide bonds. The fraction of sp³-hybridized carbons (Fsp3) is 0.643. The van der Waals surface area contributed by atoms with E-state index in [1.165, 1.54) is 30.6 Å². The number of nitrogens with zero attached hydrogens (tertiary/aromatic N) is 1. The average molecular weight is 265 g/mol. The molecule has 1 fully saturated rings. The molecule has 4 heteroatoms. The van der Waals surface area contributed by atoms with Crippen molar-refractivity contribution < 1.29 is 0 Å². The minimum Gasteiger partial charge on any atom is -0.370 e. The van der Waals surface area contributed by atoms with Gasteiger partial charge in [-0.15, -0.1) is 11.3 Å². The van der Waals surface area contributed by atoms with E-state index < -0.39 is 0 Å². The zero-order chi connectivity index (χ0) is 12.8. The first-order valence-corrected chi connectivity index (χ1v) is 7.80. The van der Waals surface area contributed by atoms with Gasteiger partial charge in [0, 0.05) is 4.88 Å². The summed E-state index contributed by atoms with van der Waals surface area (Å²) in [4.78, 5) is 5.94. The lowest BCUT2D eigenvalue weighted by atomic mass is 10.1. The molecular weight excluding hydrogens is 242 g/mol.